The highest BCUT2D eigenvalue weighted by Crippen LogP contribution is 2.49. The second-order valence-corrected chi connectivity index (χ2v) is 11.1. The fourth-order valence-corrected chi connectivity index (χ4v) is 6.16. The van der Waals surface area contributed by atoms with E-state index in [1.165, 1.54) is 6.07 Å². The number of hydrogen-bond acceptors (Lipinski definition) is 10. The van der Waals surface area contributed by atoms with E-state index in [-0.39, 0.29) is 65.6 Å². The molecule has 230 valence electrons. The average molecular weight is 604 g/mol. The normalized spacial score (nSPS) is 26.3. The molecule has 0 spiro atoms. The molecule has 1 aliphatic carbocycles. The predicted molar refractivity (Wildman–Crippen MR) is 157 cm³/mol. The van der Waals surface area contributed by atoms with Gasteiger partial charge in [-0.2, -0.15) is 0 Å². The first-order valence-corrected chi connectivity index (χ1v) is 14.3. The molecule has 2 bridgehead atoms. The molecule has 0 saturated carbocycles. The number of ketones is 2. The van der Waals surface area contributed by atoms with Gasteiger partial charge in [-0.3, -0.25) is 9.59 Å². The van der Waals surface area contributed by atoms with Gasteiger partial charge in [0, 0.05) is 28.9 Å². The van der Waals surface area contributed by atoms with Crippen LogP contribution in [0.15, 0.2) is 59.6 Å². The van der Waals surface area contributed by atoms with Gasteiger partial charge in [0.15, 0.2) is 29.0 Å². The number of benzene rings is 3. The van der Waals surface area contributed by atoms with Crippen LogP contribution in [0.2, 0.25) is 0 Å². The van der Waals surface area contributed by atoms with Crippen molar-refractivity contribution in [1.29, 1.82) is 0 Å². The lowest BCUT2D eigenvalue weighted by Gasteiger charge is -2.40. The van der Waals surface area contributed by atoms with Crippen molar-refractivity contribution < 1.29 is 44.2 Å². The van der Waals surface area contributed by atoms with Crippen LogP contribution >= 0.6 is 0 Å². The molecule has 3 aliphatic rings. The number of guanidine groups is 1. The lowest BCUT2D eigenvalue weighted by Crippen LogP contribution is -2.60. The summed E-state index contributed by atoms with van der Waals surface area (Å²) in [6, 6.07) is 14.9. The van der Waals surface area contributed by atoms with Crippen molar-refractivity contribution in [3.63, 3.8) is 0 Å². The molecule has 0 aromatic heterocycles. The molecule has 12 nitrogen and oxygen atoms in total. The Kier molecular flexibility index (Phi) is 8.10. The van der Waals surface area contributed by atoms with Crippen LogP contribution in [0.5, 0.6) is 11.5 Å². The molecule has 1 fully saturated rings. The second-order valence-electron chi connectivity index (χ2n) is 11.1. The third-order valence-electron chi connectivity index (χ3n) is 8.31. The monoisotopic (exact) mass is 603 g/mol. The van der Waals surface area contributed by atoms with Crippen molar-refractivity contribution in [1.82, 2.24) is 0 Å². The smallest absolute Gasteiger partial charge is 0.229 e. The number of aliphatic imine (C=N–C) groups is 1. The summed E-state index contributed by atoms with van der Waals surface area (Å²) in [7, 11) is 0. The van der Waals surface area contributed by atoms with E-state index < -0.39 is 54.1 Å². The highest BCUT2D eigenvalue weighted by molar-refractivity contribution is 6.30. The maximum atomic E-state index is 14.1. The van der Waals surface area contributed by atoms with Crippen molar-refractivity contribution in [3.8, 4) is 11.5 Å². The largest absolute Gasteiger partial charge is 0.504 e. The molecule has 2 aliphatic heterocycles. The van der Waals surface area contributed by atoms with Crippen LogP contribution in [0.1, 0.15) is 61.0 Å². The van der Waals surface area contributed by atoms with Crippen molar-refractivity contribution in [2.75, 3.05) is 13.2 Å². The number of nitrogens with two attached hydrogens (primary N) is 2. The molecule has 6 atom stereocenters. The Bertz CT molecular complexity index is 1620. The number of rotatable bonds is 4. The summed E-state index contributed by atoms with van der Waals surface area (Å²) >= 11 is 0. The number of ether oxygens (including phenoxy) is 3. The number of carbonyl (C=O) groups is 2. The number of hydrogen-bond donors (Lipinski definition) is 6. The number of aliphatic hydroxyl groups is 3. The number of fused-ring (bicyclic) bond motifs is 5. The van der Waals surface area contributed by atoms with E-state index >= 15 is 0 Å². The predicted octanol–water partition coefficient (Wildman–Crippen LogP) is 0.874. The minimum atomic E-state index is -1.75. The molecule has 6 rings (SSSR count). The minimum absolute atomic E-state index is 0.00880. The molecule has 0 radical (unpaired) electrons. The number of aryl methyl sites for hydroxylation is 1. The summed E-state index contributed by atoms with van der Waals surface area (Å²) in [5.74, 6) is -2.27. The number of phenols is 1. The Hall–Kier alpha value is -4.33. The summed E-state index contributed by atoms with van der Waals surface area (Å²) in [4.78, 5) is 32.5. The Balaban J connectivity index is 1.62. The van der Waals surface area contributed by atoms with Gasteiger partial charge in [0.25, 0.3) is 0 Å². The quantitative estimate of drug-likeness (QED) is 0.143. The van der Waals surface area contributed by atoms with Gasteiger partial charge in [-0.05, 0) is 30.4 Å². The third-order valence-corrected chi connectivity index (χ3v) is 8.31. The Labute approximate surface area is 252 Å². The lowest BCUT2D eigenvalue weighted by atomic mass is 9.77. The molecule has 3 aromatic carbocycles. The number of aromatic hydroxyl groups is 1. The van der Waals surface area contributed by atoms with Gasteiger partial charge >= 0.3 is 0 Å². The third kappa shape index (κ3) is 5.20. The molecule has 44 heavy (non-hydrogen) atoms. The molecule has 0 amide bonds. The topological polar surface area (TPSA) is 207 Å². The fraction of sp³-hybridized carbons (Fsp3) is 0.344. The van der Waals surface area contributed by atoms with Gasteiger partial charge in [-0.1, -0.05) is 54.6 Å². The van der Waals surface area contributed by atoms with Crippen LogP contribution in [0.4, 0.5) is 0 Å². The highest BCUT2D eigenvalue weighted by Gasteiger charge is 2.47. The zero-order chi connectivity index (χ0) is 31.1. The Morgan fingerprint density at radius 3 is 2.20 bits per heavy atom. The number of nitrogens with zero attached hydrogens (tertiary/aromatic N) is 1. The number of phenolic OH excluding ortho intramolecular Hbond substituents is 1. The fourth-order valence-electron chi connectivity index (χ4n) is 6.16. The summed E-state index contributed by atoms with van der Waals surface area (Å²) in [5, 5.41) is 43.8. The van der Waals surface area contributed by atoms with Crippen molar-refractivity contribution in [3.05, 3.63) is 93.5 Å². The molecular weight excluding hydrogens is 570 g/mol. The molecule has 12 heteroatoms. The van der Waals surface area contributed by atoms with Gasteiger partial charge in [-0.25, -0.2) is 4.99 Å². The first kappa shape index (κ1) is 29.7. The van der Waals surface area contributed by atoms with Crippen LogP contribution in [-0.2, 0) is 22.3 Å². The van der Waals surface area contributed by atoms with Crippen LogP contribution in [0.3, 0.4) is 0 Å². The molecule has 0 unspecified atom stereocenters. The standard InChI is InChI=1S/C32H33N3O9/c33-32(34)35-19-12-13-42-14-20-26(38)28(40)29(41)31(43-20)44-30-21(19)18(11-10-15-6-2-1-3-7-15)22-23(27(30)39)25(37)17-9-5-4-8-16(17)24(22)36/h1-9,19-20,26,28-29,31,38-41H,10-14H2,(H4,33,34,35)/t19-,20-,26-,28+,29-,31+/m0/s1. The van der Waals surface area contributed by atoms with E-state index in [2.05, 4.69) is 4.99 Å². The highest BCUT2D eigenvalue weighted by atomic mass is 16.7. The Morgan fingerprint density at radius 2 is 1.52 bits per heavy atom. The number of aliphatic hydroxyl groups excluding tert-OH is 3. The zero-order valence-corrected chi connectivity index (χ0v) is 23.6. The SMILES string of the molecule is NC(N)=N[C@H]1CCOC[C@@H]2O[C@H](Oc3c(O)c4c(c(CCc5ccccc5)c31)C(=O)c1ccccc1C4=O)[C@@H](O)[C@H](O)[C@H]2O. The van der Waals surface area contributed by atoms with Crippen molar-refractivity contribution in [2.24, 2.45) is 16.5 Å². The molecule has 1 saturated heterocycles. The maximum absolute atomic E-state index is 14.1. The van der Waals surface area contributed by atoms with E-state index in [1.807, 2.05) is 30.3 Å². The lowest BCUT2D eigenvalue weighted by molar-refractivity contribution is -0.279. The maximum Gasteiger partial charge on any atom is 0.229 e. The van der Waals surface area contributed by atoms with Crippen molar-refractivity contribution >= 4 is 17.5 Å². The van der Waals surface area contributed by atoms with Gasteiger partial charge < -0.3 is 46.1 Å². The molecular formula is C32H33N3O9. The summed E-state index contributed by atoms with van der Waals surface area (Å²) in [6.07, 6.45) is -6.82. The van der Waals surface area contributed by atoms with Crippen LogP contribution in [-0.4, -0.2) is 81.9 Å². The van der Waals surface area contributed by atoms with Crippen molar-refractivity contribution in [2.45, 2.75) is 56.0 Å². The van der Waals surface area contributed by atoms with E-state index in [9.17, 15) is 30.0 Å². The van der Waals surface area contributed by atoms with E-state index in [4.69, 9.17) is 25.7 Å². The summed E-state index contributed by atoms with van der Waals surface area (Å²) in [5.41, 5.74) is 13.3. The summed E-state index contributed by atoms with van der Waals surface area (Å²) < 4.78 is 17.7. The van der Waals surface area contributed by atoms with Gasteiger partial charge in [0.05, 0.1) is 18.2 Å². The second kappa shape index (κ2) is 12.0. The molecule has 3 aromatic rings. The molecule has 2 heterocycles. The average Bonchev–Trinajstić information content (AvgIpc) is 3.05. The summed E-state index contributed by atoms with van der Waals surface area (Å²) in [6.45, 7) is -0.117. The van der Waals surface area contributed by atoms with E-state index in [0.717, 1.165) is 5.56 Å². The van der Waals surface area contributed by atoms with Gasteiger partial charge in [0.2, 0.25) is 6.29 Å². The van der Waals surface area contributed by atoms with Crippen LogP contribution in [0.25, 0.3) is 0 Å². The first-order chi connectivity index (χ1) is 21.2. The van der Waals surface area contributed by atoms with E-state index in [1.54, 1.807) is 18.2 Å². The zero-order valence-electron chi connectivity index (χ0n) is 23.6. The first-order valence-electron chi connectivity index (χ1n) is 14.3. The van der Waals surface area contributed by atoms with Gasteiger partial charge in [-0.15, -0.1) is 0 Å². The van der Waals surface area contributed by atoms with Crippen LogP contribution < -0.4 is 16.2 Å². The van der Waals surface area contributed by atoms with Crippen LogP contribution in [0, 0.1) is 0 Å². The van der Waals surface area contributed by atoms with E-state index in [0.29, 0.717) is 12.0 Å². The minimum Gasteiger partial charge on any atom is -0.504 e. The van der Waals surface area contributed by atoms with Gasteiger partial charge in [0.1, 0.15) is 24.4 Å². The number of carbonyl (C=O) groups excluding carboxylic acids is 2. The molecule has 8 N–H and O–H groups in total. The Morgan fingerprint density at radius 1 is 0.864 bits per heavy atom.